The Labute approximate surface area is 173 Å². The number of methoxy groups -OCH3 is 2. The average Bonchev–Trinajstić information content (AvgIpc) is 2.73. The molecule has 1 aromatic carbocycles. The molecule has 1 aliphatic heterocycles. The summed E-state index contributed by atoms with van der Waals surface area (Å²) in [7, 11) is -0.867. The third kappa shape index (κ3) is 4.84. The molecule has 162 valence electrons. The van der Waals surface area contributed by atoms with Crippen LogP contribution >= 0.6 is 0 Å². The standard InChI is InChI=1S/C20H31N3O5S/c1-15(24)21-17-13-20(19(28-3)14-18(17)27-2)29(25,26)23-11-9-22(10-12-23)16-7-5-4-6-8-16/h13-14,16H,4-12H2,1-3H3,(H,21,24)/p+1. The first-order valence-corrected chi connectivity index (χ1v) is 11.7. The highest BCUT2D eigenvalue weighted by Crippen LogP contribution is 2.37. The van der Waals surface area contributed by atoms with E-state index < -0.39 is 10.0 Å². The van der Waals surface area contributed by atoms with Gasteiger partial charge in [-0.2, -0.15) is 4.31 Å². The zero-order valence-electron chi connectivity index (χ0n) is 17.5. The predicted molar refractivity (Wildman–Crippen MR) is 110 cm³/mol. The fraction of sp³-hybridized carbons (Fsp3) is 0.650. The Bertz CT molecular complexity index is 829. The van der Waals surface area contributed by atoms with Crippen molar-refractivity contribution in [3.05, 3.63) is 12.1 Å². The van der Waals surface area contributed by atoms with Crippen LogP contribution in [0.15, 0.2) is 17.0 Å². The number of quaternary nitrogens is 1. The second-order valence-electron chi connectivity index (χ2n) is 7.78. The molecule has 1 aromatic rings. The van der Waals surface area contributed by atoms with Gasteiger partial charge in [-0.25, -0.2) is 8.42 Å². The first kappa shape index (κ1) is 21.9. The molecular weight excluding hydrogens is 394 g/mol. The number of amides is 1. The van der Waals surface area contributed by atoms with Crippen molar-refractivity contribution in [2.24, 2.45) is 0 Å². The van der Waals surface area contributed by atoms with Gasteiger partial charge in [0.1, 0.15) is 16.4 Å². The molecule has 9 heteroatoms. The SMILES string of the molecule is COc1cc(OC)c(S(=O)(=O)N2CC[NH+](C3CCCCC3)CC2)cc1NC(C)=O. The number of nitrogens with one attached hydrogen (secondary N) is 2. The lowest BCUT2D eigenvalue weighted by molar-refractivity contribution is -0.930. The summed E-state index contributed by atoms with van der Waals surface area (Å²) in [5, 5.41) is 2.63. The Morgan fingerprint density at radius 3 is 2.24 bits per heavy atom. The second-order valence-corrected chi connectivity index (χ2v) is 9.69. The molecule has 1 amide bonds. The molecular formula is C20H32N3O5S+. The molecule has 0 atom stereocenters. The van der Waals surface area contributed by atoms with E-state index in [9.17, 15) is 13.2 Å². The summed E-state index contributed by atoms with van der Waals surface area (Å²) < 4.78 is 38.9. The van der Waals surface area contributed by atoms with Gasteiger partial charge in [0, 0.05) is 13.0 Å². The minimum atomic E-state index is -3.75. The number of hydrogen-bond acceptors (Lipinski definition) is 5. The number of carbonyl (C=O) groups excluding carboxylic acids is 1. The number of piperazine rings is 1. The van der Waals surface area contributed by atoms with E-state index in [1.165, 1.54) is 74.6 Å². The minimum Gasteiger partial charge on any atom is -0.495 e. The van der Waals surface area contributed by atoms with Gasteiger partial charge in [-0.1, -0.05) is 6.42 Å². The summed E-state index contributed by atoms with van der Waals surface area (Å²) in [6, 6.07) is 3.59. The van der Waals surface area contributed by atoms with Crippen LogP contribution in [0.25, 0.3) is 0 Å². The lowest BCUT2D eigenvalue weighted by atomic mass is 9.94. The van der Waals surface area contributed by atoms with Gasteiger partial charge in [-0.15, -0.1) is 0 Å². The normalized spacial score (nSPS) is 19.7. The first-order chi connectivity index (χ1) is 13.9. The van der Waals surface area contributed by atoms with Crippen molar-refractivity contribution in [2.45, 2.75) is 50.0 Å². The van der Waals surface area contributed by atoms with Crippen LogP contribution in [0.4, 0.5) is 5.69 Å². The monoisotopic (exact) mass is 426 g/mol. The van der Waals surface area contributed by atoms with Gasteiger partial charge < -0.3 is 19.7 Å². The molecule has 0 spiro atoms. The van der Waals surface area contributed by atoms with Gasteiger partial charge in [0.2, 0.25) is 15.9 Å². The summed E-state index contributed by atoms with van der Waals surface area (Å²) in [6.45, 7) is 3.98. The molecule has 0 bridgehead atoms. The van der Waals surface area contributed by atoms with Crippen molar-refractivity contribution in [3.63, 3.8) is 0 Å². The minimum absolute atomic E-state index is 0.0469. The number of benzene rings is 1. The first-order valence-electron chi connectivity index (χ1n) is 10.2. The third-order valence-corrected chi connectivity index (χ3v) is 7.88. The van der Waals surface area contributed by atoms with E-state index in [1.54, 1.807) is 0 Å². The fourth-order valence-electron chi connectivity index (χ4n) is 4.43. The molecule has 2 aliphatic rings. The second kappa shape index (κ2) is 9.32. The zero-order chi connectivity index (χ0) is 21.0. The molecule has 0 aromatic heterocycles. The van der Waals surface area contributed by atoms with Crippen LogP contribution in [0.2, 0.25) is 0 Å². The molecule has 8 nitrogen and oxygen atoms in total. The molecule has 2 fully saturated rings. The van der Waals surface area contributed by atoms with Crippen molar-refractivity contribution < 1.29 is 27.6 Å². The highest BCUT2D eigenvalue weighted by molar-refractivity contribution is 7.89. The summed E-state index contributed by atoms with van der Waals surface area (Å²) >= 11 is 0. The van der Waals surface area contributed by atoms with Gasteiger partial charge in [0.25, 0.3) is 0 Å². The lowest BCUT2D eigenvalue weighted by Gasteiger charge is -2.37. The highest BCUT2D eigenvalue weighted by atomic mass is 32.2. The van der Waals surface area contributed by atoms with Crippen LogP contribution in [0, 0.1) is 0 Å². The Morgan fingerprint density at radius 2 is 1.69 bits per heavy atom. The van der Waals surface area contributed by atoms with Gasteiger partial charge in [-0.05, 0) is 31.7 Å². The van der Waals surface area contributed by atoms with Crippen molar-refractivity contribution in [2.75, 3.05) is 45.7 Å². The van der Waals surface area contributed by atoms with E-state index in [0.29, 0.717) is 30.6 Å². The Kier molecular flexibility index (Phi) is 7.02. The molecule has 1 heterocycles. The predicted octanol–water partition coefficient (Wildman–Crippen LogP) is 0.884. The molecule has 3 rings (SSSR count). The Balaban J connectivity index is 1.82. The van der Waals surface area contributed by atoms with Crippen LogP contribution in [0.3, 0.4) is 0 Å². The summed E-state index contributed by atoms with van der Waals surface area (Å²) in [5.41, 5.74) is 0.311. The topological polar surface area (TPSA) is 89.4 Å². The van der Waals surface area contributed by atoms with Crippen LogP contribution in [0.1, 0.15) is 39.0 Å². The quantitative estimate of drug-likeness (QED) is 0.705. The summed E-state index contributed by atoms with van der Waals surface area (Å²) in [6.07, 6.45) is 6.37. The number of carbonyl (C=O) groups is 1. The van der Waals surface area contributed by atoms with Crippen molar-refractivity contribution in [1.29, 1.82) is 0 Å². The van der Waals surface area contributed by atoms with Crippen LogP contribution in [0.5, 0.6) is 11.5 Å². The van der Waals surface area contributed by atoms with Crippen molar-refractivity contribution in [1.82, 2.24) is 4.31 Å². The van der Waals surface area contributed by atoms with Crippen LogP contribution in [-0.4, -0.2) is 65.1 Å². The molecule has 1 saturated heterocycles. The zero-order valence-corrected chi connectivity index (χ0v) is 18.3. The van der Waals surface area contributed by atoms with E-state index >= 15 is 0 Å². The van der Waals surface area contributed by atoms with Gasteiger partial charge in [-0.3, -0.25) is 4.79 Å². The third-order valence-electron chi connectivity index (χ3n) is 5.96. The molecule has 1 saturated carbocycles. The number of hydrogen-bond donors (Lipinski definition) is 2. The highest BCUT2D eigenvalue weighted by Gasteiger charge is 2.36. The van der Waals surface area contributed by atoms with Gasteiger partial charge in [0.15, 0.2) is 0 Å². The Hall–Kier alpha value is -1.84. The molecule has 2 N–H and O–H groups in total. The molecule has 0 unspecified atom stereocenters. The van der Waals surface area contributed by atoms with E-state index in [0.717, 1.165) is 13.1 Å². The van der Waals surface area contributed by atoms with Crippen LogP contribution in [-0.2, 0) is 14.8 Å². The van der Waals surface area contributed by atoms with E-state index in [4.69, 9.17) is 9.47 Å². The maximum atomic E-state index is 13.4. The van der Waals surface area contributed by atoms with Crippen molar-refractivity contribution >= 4 is 21.6 Å². The number of nitrogens with zero attached hydrogens (tertiary/aromatic N) is 1. The number of ether oxygens (including phenoxy) is 2. The molecule has 1 aliphatic carbocycles. The van der Waals surface area contributed by atoms with E-state index in [1.807, 2.05) is 0 Å². The smallest absolute Gasteiger partial charge is 0.247 e. The molecule has 29 heavy (non-hydrogen) atoms. The Morgan fingerprint density at radius 1 is 1.07 bits per heavy atom. The van der Waals surface area contributed by atoms with Crippen molar-refractivity contribution in [3.8, 4) is 11.5 Å². The maximum absolute atomic E-state index is 13.4. The van der Waals surface area contributed by atoms with Gasteiger partial charge in [0.05, 0.1) is 52.1 Å². The maximum Gasteiger partial charge on any atom is 0.247 e. The summed E-state index contributed by atoms with van der Waals surface area (Å²) in [5.74, 6) is 0.252. The number of anilines is 1. The molecule has 0 radical (unpaired) electrons. The summed E-state index contributed by atoms with van der Waals surface area (Å²) in [4.78, 5) is 13.1. The lowest BCUT2D eigenvalue weighted by Crippen LogP contribution is -3.18. The average molecular weight is 427 g/mol. The number of rotatable bonds is 6. The van der Waals surface area contributed by atoms with Gasteiger partial charge >= 0.3 is 0 Å². The van der Waals surface area contributed by atoms with Crippen LogP contribution < -0.4 is 19.7 Å². The fourth-order valence-corrected chi connectivity index (χ4v) is 6.04. The number of sulfonamides is 1. The van der Waals surface area contributed by atoms with E-state index in [-0.39, 0.29) is 16.6 Å². The largest absolute Gasteiger partial charge is 0.495 e. The van der Waals surface area contributed by atoms with E-state index in [2.05, 4.69) is 5.32 Å².